The molecule has 0 amide bonds. The maximum atomic E-state index is 13.2. The molecule has 0 bridgehead atoms. The molecule has 5 heteroatoms. The van der Waals surface area contributed by atoms with Crippen LogP contribution in [0.3, 0.4) is 0 Å². The summed E-state index contributed by atoms with van der Waals surface area (Å²) in [6.45, 7) is 6.16. The van der Waals surface area contributed by atoms with Gasteiger partial charge in [-0.1, -0.05) is 19.9 Å². The molecule has 0 N–H and O–H groups in total. The minimum Gasteiger partial charge on any atom is -0.283 e. The summed E-state index contributed by atoms with van der Waals surface area (Å²) in [6.07, 6.45) is 1.93. The topological polar surface area (TPSA) is 42.0 Å². The summed E-state index contributed by atoms with van der Waals surface area (Å²) in [6, 6.07) is 10.1. The molecular formula is C17H17FN4. The van der Waals surface area contributed by atoms with E-state index >= 15 is 0 Å². The molecule has 0 aliphatic rings. The predicted molar refractivity (Wildman–Crippen MR) is 84.6 cm³/mol. The zero-order valence-corrected chi connectivity index (χ0v) is 12.8. The standard InChI is InChI=1S/C17H17FN4/c1-11(2)16-17(21-20-14-6-4-5-13(18)10-14)22-8-7-12(3)9-15(22)19-16/h4-11H,1-3H3. The van der Waals surface area contributed by atoms with Gasteiger partial charge in [0.2, 0.25) is 0 Å². The highest BCUT2D eigenvalue weighted by Gasteiger charge is 2.15. The van der Waals surface area contributed by atoms with Crippen LogP contribution < -0.4 is 0 Å². The van der Waals surface area contributed by atoms with Crippen molar-refractivity contribution >= 4 is 17.2 Å². The van der Waals surface area contributed by atoms with Gasteiger partial charge in [0.05, 0.1) is 11.4 Å². The van der Waals surface area contributed by atoms with E-state index in [4.69, 9.17) is 0 Å². The largest absolute Gasteiger partial charge is 0.283 e. The highest BCUT2D eigenvalue weighted by atomic mass is 19.1. The molecule has 3 aromatic rings. The van der Waals surface area contributed by atoms with Gasteiger partial charge in [0, 0.05) is 12.3 Å². The number of azo groups is 1. The Morgan fingerprint density at radius 3 is 2.68 bits per heavy atom. The summed E-state index contributed by atoms with van der Waals surface area (Å²) in [5, 5.41) is 8.46. The molecule has 0 spiro atoms. The van der Waals surface area contributed by atoms with E-state index in [2.05, 4.69) is 29.1 Å². The van der Waals surface area contributed by atoms with Crippen LogP contribution >= 0.6 is 0 Å². The number of rotatable bonds is 3. The Morgan fingerprint density at radius 1 is 1.14 bits per heavy atom. The van der Waals surface area contributed by atoms with Gasteiger partial charge >= 0.3 is 0 Å². The number of aryl methyl sites for hydroxylation is 1. The lowest BCUT2D eigenvalue weighted by molar-refractivity contribution is 0.628. The van der Waals surface area contributed by atoms with Crippen LogP contribution in [0.25, 0.3) is 5.65 Å². The van der Waals surface area contributed by atoms with Gasteiger partial charge in [-0.3, -0.25) is 4.40 Å². The number of aromatic nitrogens is 2. The molecule has 1 aromatic carbocycles. The zero-order chi connectivity index (χ0) is 15.7. The van der Waals surface area contributed by atoms with Crippen LogP contribution in [-0.2, 0) is 0 Å². The van der Waals surface area contributed by atoms with Gasteiger partial charge in [0.15, 0.2) is 5.82 Å². The van der Waals surface area contributed by atoms with E-state index in [1.165, 1.54) is 12.1 Å². The molecule has 4 nitrogen and oxygen atoms in total. The van der Waals surface area contributed by atoms with Crippen LogP contribution in [-0.4, -0.2) is 9.38 Å². The average Bonchev–Trinajstić information content (AvgIpc) is 2.83. The smallest absolute Gasteiger partial charge is 0.183 e. The van der Waals surface area contributed by atoms with Crippen LogP contribution in [0.2, 0.25) is 0 Å². The Kier molecular flexibility index (Phi) is 3.71. The van der Waals surface area contributed by atoms with E-state index < -0.39 is 0 Å². The highest BCUT2D eigenvalue weighted by Crippen LogP contribution is 2.29. The van der Waals surface area contributed by atoms with Crippen molar-refractivity contribution in [3.05, 3.63) is 59.7 Å². The van der Waals surface area contributed by atoms with Crippen molar-refractivity contribution in [3.63, 3.8) is 0 Å². The van der Waals surface area contributed by atoms with Crippen molar-refractivity contribution in [1.29, 1.82) is 0 Å². The monoisotopic (exact) mass is 296 g/mol. The van der Waals surface area contributed by atoms with E-state index in [-0.39, 0.29) is 11.7 Å². The lowest BCUT2D eigenvalue weighted by Gasteiger charge is -2.01. The second-order valence-electron chi connectivity index (χ2n) is 5.59. The first kappa shape index (κ1) is 14.4. The third-order valence-corrected chi connectivity index (χ3v) is 3.40. The van der Waals surface area contributed by atoms with Gasteiger partial charge in [0.25, 0.3) is 0 Å². The molecule has 0 fully saturated rings. The van der Waals surface area contributed by atoms with Gasteiger partial charge in [0.1, 0.15) is 11.5 Å². The highest BCUT2D eigenvalue weighted by molar-refractivity contribution is 5.54. The van der Waals surface area contributed by atoms with E-state index in [0.29, 0.717) is 11.5 Å². The lowest BCUT2D eigenvalue weighted by atomic mass is 10.1. The number of hydrogen-bond donors (Lipinski definition) is 0. The lowest BCUT2D eigenvalue weighted by Crippen LogP contribution is -1.87. The predicted octanol–water partition coefficient (Wildman–Crippen LogP) is 5.32. The molecule has 3 rings (SSSR count). The molecule has 0 aliphatic carbocycles. The molecule has 2 aromatic heterocycles. The molecule has 22 heavy (non-hydrogen) atoms. The van der Waals surface area contributed by atoms with Crippen LogP contribution in [0, 0.1) is 12.7 Å². The summed E-state index contributed by atoms with van der Waals surface area (Å²) < 4.78 is 15.1. The number of nitrogens with zero attached hydrogens (tertiary/aromatic N) is 4. The van der Waals surface area contributed by atoms with Crippen molar-refractivity contribution in [2.75, 3.05) is 0 Å². The molecule has 0 saturated heterocycles. The van der Waals surface area contributed by atoms with E-state index in [0.717, 1.165) is 16.9 Å². The molecule has 0 unspecified atom stereocenters. The third kappa shape index (κ3) is 2.74. The minimum absolute atomic E-state index is 0.224. The molecule has 0 aliphatic heterocycles. The molecule has 0 saturated carbocycles. The minimum atomic E-state index is -0.325. The van der Waals surface area contributed by atoms with Crippen LogP contribution in [0.1, 0.15) is 31.0 Å². The normalized spacial score (nSPS) is 11.9. The van der Waals surface area contributed by atoms with E-state index in [9.17, 15) is 4.39 Å². The van der Waals surface area contributed by atoms with Gasteiger partial charge in [-0.2, -0.15) is 0 Å². The Morgan fingerprint density at radius 2 is 1.95 bits per heavy atom. The van der Waals surface area contributed by atoms with Crippen molar-refractivity contribution in [3.8, 4) is 0 Å². The van der Waals surface area contributed by atoms with E-state index in [1.54, 1.807) is 12.1 Å². The summed E-state index contributed by atoms with van der Waals surface area (Å²) >= 11 is 0. The fraction of sp³-hybridized carbons (Fsp3) is 0.235. The van der Waals surface area contributed by atoms with Crippen molar-refractivity contribution < 1.29 is 4.39 Å². The Bertz CT molecular complexity index is 849. The van der Waals surface area contributed by atoms with Crippen LogP contribution in [0.15, 0.2) is 52.8 Å². The Hall–Kier alpha value is -2.56. The second kappa shape index (κ2) is 5.67. The van der Waals surface area contributed by atoms with E-state index in [1.807, 2.05) is 29.7 Å². The molecule has 2 heterocycles. The first-order valence-electron chi connectivity index (χ1n) is 7.20. The van der Waals surface area contributed by atoms with Gasteiger partial charge < -0.3 is 0 Å². The fourth-order valence-corrected chi connectivity index (χ4v) is 2.28. The summed E-state index contributed by atoms with van der Waals surface area (Å²) in [7, 11) is 0. The quantitative estimate of drug-likeness (QED) is 0.603. The fourth-order valence-electron chi connectivity index (χ4n) is 2.28. The number of benzene rings is 1. The van der Waals surface area contributed by atoms with Gasteiger partial charge in [-0.05, 0) is 42.7 Å². The van der Waals surface area contributed by atoms with Crippen LogP contribution in [0.5, 0.6) is 0 Å². The Balaban J connectivity index is 2.10. The van der Waals surface area contributed by atoms with Gasteiger partial charge in [-0.25, -0.2) is 9.37 Å². The first-order chi connectivity index (χ1) is 10.5. The SMILES string of the molecule is Cc1ccn2c(N=Nc3cccc(F)c3)c(C(C)C)nc2c1. The van der Waals surface area contributed by atoms with Gasteiger partial charge in [-0.15, -0.1) is 10.2 Å². The first-order valence-corrected chi connectivity index (χ1v) is 7.20. The molecule has 0 radical (unpaired) electrons. The summed E-state index contributed by atoms with van der Waals surface area (Å²) in [4.78, 5) is 4.64. The summed E-state index contributed by atoms with van der Waals surface area (Å²) in [5.74, 6) is 0.588. The number of hydrogen-bond acceptors (Lipinski definition) is 3. The molecule has 112 valence electrons. The Labute approximate surface area is 128 Å². The van der Waals surface area contributed by atoms with Crippen molar-refractivity contribution in [2.24, 2.45) is 10.2 Å². The number of halogens is 1. The number of pyridine rings is 1. The molecular weight excluding hydrogens is 279 g/mol. The third-order valence-electron chi connectivity index (χ3n) is 3.40. The number of fused-ring (bicyclic) bond motifs is 1. The maximum Gasteiger partial charge on any atom is 0.183 e. The average molecular weight is 296 g/mol. The van der Waals surface area contributed by atoms with Crippen LogP contribution in [0.4, 0.5) is 15.9 Å². The van der Waals surface area contributed by atoms with Crippen molar-refractivity contribution in [1.82, 2.24) is 9.38 Å². The van der Waals surface area contributed by atoms with Crippen molar-refractivity contribution in [2.45, 2.75) is 26.7 Å². The summed E-state index contributed by atoms with van der Waals surface area (Å²) in [5.41, 5.74) is 3.35. The maximum absolute atomic E-state index is 13.2. The second-order valence-corrected chi connectivity index (χ2v) is 5.59. The zero-order valence-electron chi connectivity index (χ0n) is 12.8. The molecule has 0 atom stereocenters. The number of imidazole rings is 1.